The summed E-state index contributed by atoms with van der Waals surface area (Å²) < 4.78 is 0. The number of carbonyl (C=O) groups is 1. The van der Waals surface area contributed by atoms with Gasteiger partial charge in [-0.3, -0.25) is 4.79 Å². The largest absolute Gasteiger partial charge is 0.299 e. The standard InChI is InChI=1S/C4H10O3P/c1-2-8(6,7)4-3-5/h3,6-7H,2,4H2,1H3/q+1. The predicted octanol–water partition coefficient (Wildman–Crippen LogP) is 0.0374. The normalized spacial score (nSPS) is 11.4. The summed E-state index contributed by atoms with van der Waals surface area (Å²) in [6.07, 6.45) is 0.743. The lowest BCUT2D eigenvalue weighted by Crippen LogP contribution is -1.99. The predicted molar refractivity (Wildman–Crippen MR) is 32.8 cm³/mol. The van der Waals surface area contributed by atoms with Gasteiger partial charge in [0.05, 0.1) is 0 Å². The lowest BCUT2D eigenvalue weighted by atomic mass is 10.9. The summed E-state index contributed by atoms with van der Waals surface area (Å²) in [4.78, 5) is 27.2. The van der Waals surface area contributed by atoms with Gasteiger partial charge in [0.2, 0.25) is 0 Å². The van der Waals surface area contributed by atoms with E-state index in [1.165, 1.54) is 0 Å². The van der Waals surface area contributed by atoms with Gasteiger partial charge in [-0.25, -0.2) is 9.79 Å². The molecule has 8 heavy (non-hydrogen) atoms. The highest BCUT2D eigenvalue weighted by molar-refractivity contribution is 7.65. The van der Waals surface area contributed by atoms with Crippen LogP contribution in [0.25, 0.3) is 0 Å². The van der Waals surface area contributed by atoms with E-state index in [4.69, 9.17) is 9.79 Å². The maximum Gasteiger partial charge on any atom is 0.274 e. The van der Waals surface area contributed by atoms with Gasteiger partial charge in [0.25, 0.3) is 7.72 Å². The van der Waals surface area contributed by atoms with E-state index in [0.717, 1.165) is 0 Å². The first-order valence-corrected chi connectivity index (χ1v) is 4.45. The molecule has 0 aromatic heterocycles. The van der Waals surface area contributed by atoms with Crippen molar-refractivity contribution in [3.63, 3.8) is 0 Å². The van der Waals surface area contributed by atoms with Crippen molar-refractivity contribution < 1.29 is 14.6 Å². The second-order valence-corrected chi connectivity index (χ2v) is 4.30. The highest BCUT2D eigenvalue weighted by Crippen LogP contribution is 2.47. The molecule has 3 nitrogen and oxygen atoms in total. The van der Waals surface area contributed by atoms with E-state index in [0.29, 0.717) is 12.4 Å². The molecule has 0 radical (unpaired) electrons. The molecule has 0 aliphatic heterocycles. The van der Waals surface area contributed by atoms with Crippen LogP contribution in [0.15, 0.2) is 0 Å². The minimum atomic E-state index is -2.79. The lowest BCUT2D eigenvalue weighted by Gasteiger charge is -2.03. The van der Waals surface area contributed by atoms with E-state index in [9.17, 15) is 4.79 Å². The summed E-state index contributed by atoms with van der Waals surface area (Å²) in [6.45, 7) is 1.65. The van der Waals surface area contributed by atoms with Crippen LogP contribution in [0.5, 0.6) is 0 Å². The molecule has 0 aromatic carbocycles. The number of carbonyl (C=O) groups excluding carboxylic acids is 1. The van der Waals surface area contributed by atoms with Gasteiger partial charge in [0.15, 0.2) is 12.4 Å². The second kappa shape index (κ2) is 3.13. The first kappa shape index (κ1) is 8.02. The van der Waals surface area contributed by atoms with Gasteiger partial charge < -0.3 is 0 Å². The molecule has 0 fully saturated rings. The van der Waals surface area contributed by atoms with Gasteiger partial charge >= 0.3 is 0 Å². The molecule has 0 atom stereocenters. The Hall–Kier alpha value is 0.0200. The molecule has 2 N–H and O–H groups in total. The third-order valence-corrected chi connectivity index (χ3v) is 2.62. The monoisotopic (exact) mass is 137 g/mol. The topological polar surface area (TPSA) is 57.5 Å². The fourth-order valence-corrected chi connectivity index (χ4v) is 0.745. The van der Waals surface area contributed by atoms with Crippen LogP contribution in [0.3, 0.4) is 0 Å². The Balaban J connectivity index is 3.53. The van der Waals surface area contributed by atoms with Crippen LogP contribution in [0, 0.1) is 0 Å². The number of aldehydes is 1. The van der Waals surface area contributed by atoms with E-state index < -0.39 is 7.72 Å². The van der Waals surface area contributed by atoms with E-state index in [-0.39, 0.29) is 6.16 Å². The molecule has 0 aliphatic carbocycles. The zero-order valence-corrected chi connectivity index (χ0v) is 5.64. The van der Waals surface area contributed by atoms with Gasteiger partial charge in [0, 0.05) is 0 Å². The van der Waals surface area contributed by atoms with E-state index in [1.807, 2.05) is 0 Å². The molecule has 0 spiro atoms. The van der Waals surface area contributed by atoms with Crippen LogP contribution in [-0.4, -0.2) is 28.4 Å². The van der Waals surface area contributed by atoms with Crippen LogP contribution >= 0.6 is 7.72 Å². The summed E-state index contributed by atoms with van der Waals surface area (Å²) in [5.41, 5.74) is 0. The van der Waals surface area contributed by atoms with Crippen molar-refractivity contribution in [2.45, 2.75) is 6.92 Å². The Bertz CT molecular complexity index is 81.4. The van der Waals surface area contributed by atoms with Crippen molar-refractivity contribution in [2.75, 3.05) is 12.3 Å². The smallest absolute Gasteiger partial charge is 0.274 e. The van der Waals surface area contributed by atoms with Crippen LogP contribution < -0.4 is 0 Å². The summed E-state index contributed by atoms with van der Waals surface area (Å²) in [6, 6.07) is 0. The highest BCUT2D eigenvalue weighted by atomic mass is 31.2. The van der Waals surface area contributed by atoms with Gasteiger partial charge in [-0.05, 0) is 6.92 Å². The molecule has 0 aliphatic rings. The van der Waals surface area contributed by atoms with Crippen molar-refractivity contribution in [3.05, 3.63) is 0 Å². The molecule has 0 amide bonds. The van der Waals surface area contributed by atoms with Gasteiger partial charge in [-0.15, -0.1) is 0 Å². The molecule has 0 unspecified atom stereocenters. The third kappa shape index (κ3) is 3.08. The lowest BCUT2D eigenvalue weighted by molar-refractivity contribution is -0.105. The van der Waals surface area contributed by atoms with Crippen molar-refractivity contribution >= 4 is 14.0 Å². The highest BCUT2D eigenvalue weighted by Gasteiger charge is 2.28. The minimum absolute atomic E-state index is 0.0938. The van der Waals surface area contributed by atoms with Crippen LogP contribution in [0.1, 0.15) is 6.92 Å². The van der Waals surface area contributed by atoms with Crippen LogP contribution in [-0.2, 0) is 4.79 Å². The first-order valence-electron chi connectivity index (χ1n) is 2.38. The average molecular weight is 137 g/mol. The van der Waals surface area contributed by atoms with Gasteiger partial charge in [0.1, 0.15) is 6.16 Å². The quantitative estimate of drug-likeness (QED) is 0.426. The SMILES string of the molecule is CC[P+](O)(O)CC=O. The van der Waals surface area contributed by atoms with Gasteiger partial charge in [-0.1, -0.05) is 0 Å². The van der Waals surface area contributed by atoms with Crippen LogP contribution in [0.2, 0.25) is 0 Å². The molecule has 0 rings (SSSR count). The van der Waals surface area contributed by atoms with E-state index in [2.05, 4.69) is 0 Å². The van der Waals surface area contributed by atoms with Crippen LogP contribution in [0.4, 0.5) is 0 Å². The van der Waals surface area contributed by atoms with Gasteiger partial charge in [-0.2, -0.15) is 0 Å². The second-order valence-electron chi connectivity index (χ2n) is 1.54. The minimum Gasteiger partial charge on any atom is -0.299 e. The molecular formula is C4H10O3P+. The molecule has 0 heterocycles. The molecule has 0 bridgehead atoms. The zero-order chi connectivity index (χ0) is 6.62. The molecule has 4 heteroatoms. The molecular weight excluding hydrogens is 127 g/mol. The molecule has 48 valence electrons. The summed E-state index contributed by atoms with van der Waals surface area (Å²) in [5.74, 6) is 0. The third-order valence-electron chi connectivity index (χ3n) is 0.873. The van der Waals surface area contributed by atoms with E-state index in [1.54, 1.807) is 6.92 Å². The Morgan fingerprint density at radius 1 is 1.62 bits per heavy atom. The maximum atomic E-state index is 9.69. The van der Waals surface area contributed by atoms with E-state index >= 15 is 0 Å². The average Bonchev–Trinajstić information content (AvgIpc) is 1.67. The Kier molecular flexibility index (Phi) is 3.13. The number of hydrogen-bond donors (Lipinski definition) is 2. The van der Waals surface area contributed by atoms with Crippen molar-refractivity contribution in [1.82, 2.24) is 0 Å². The maximum absolute atomic E-state index is 9.69. The summed E-state index contributed by atoms with van der Waals surface area (Å²) >= 11 is 0. The fraction of sp³-hybridized carbons (Fsp3) is 0.750. The molecule has 0 saturated heterocycles. The van der Waals surface area contributed by atoms with Crippen molar-refractivity contribution in [3.8, 4) is 0 Å². The Morgan fingerprint density at radius 3 is 2.25 bits per heavy atom. The fourth-order valence-electron chi connectivity index (χ4n) is 0.248. The number of hydrogen-bond acceptors (Lipinski definition) is 3. The number of rotatable bonds is 3. The summed E-state index contributed by atoms with van der Waals surface area (Å²) in [7, 11) is -2.79. The Labute approximate surface area is 48.8 Å². The molecule has 0 saturated carbocycles. The van der Waals surface area contributed by atoms with Crippen molar-refractivity contribution in [2.24, 2.45) is 0 Å². The first-order chi connectivity index (χ1) is 3.62. The zero-order valence-electron chi connectivity index (χ0n) is 4.74. The van der Waals surface area contributed by atoms with Crippen molar-refractivity contribution in [1.29, 1.82) is 0 Å². The Morgan fingerprint density at radius 2 is 2.12 bits per heavy atom. The summed E-state index contributed by atoms with van der Waals surface area (Å²) in [5, 5.41) is 0. The molecule has 0 aromatic rings.